The average Bonchev–Trinajstić information content (AvgIpc) is 2.46. The molecule has 1 aliphatic heterocycles. The van der Waals surface area contributed by atoms with Gasteiger partial charge in [-0.1, -0.05) is 29.8 Å². The van der Waals surface area contributed by atoms with Crippen LogP contribution in [-0.4, -0.2) is 34.6 Å². The Bertz CT molecular complexity index is 484. The number of carbonyl (C=O) groups is 2. The number of benzene rings is 1. The minimum atomic E-state index is -0.921. The number of nitrogens with one attached hydrogen (secondary N) is 1. The Labute approximate surface area is 118 Å². The van der Waals surface area contributed by atoms with Gasteiger partial charge in [-0.15, -0.1) is 0 Å². The van der Waals surface area contributed by atoms with Gasteiger partial charge in [-0.25, -0.2) is 9.59 Å². The van der Waals surface area contributed by atoms with Gasteiger partial charge in [0, 0.05) is 13.1 Å². The molecule has 2 amide bonds. The Balaban J connectivity index is 1.93. The van der Waals surface area contributed by atoms with Crippen molar-refractivity contribution < 1.29 is 14.7 Å². The van der Waals surface area contributed by atoms with E-state index in [0.29, 0.717) is 19.5 Å². The maximum atomic E-state index is 12.1. The summed E-state index contributed by atoms with van der Waals surface area (Å²) in [5, 5.41) is 11.9. The number of hydrogen-bond acceptors (Lipinski definition) is 2. The van der Waals surface area contributed by atoms with Gasteiger partial charge in [-0.05, 0) is 31.7 Å². The van der Waals surface area contributed by atoms with Crippen molar-refractivity contribution in [2.75, 3.05) is 6.54 Å². The number of hydrogen-bond donors (Lipinski definition) is 2. The lowest BCUT2D eigenvalue weighted by Gasteiger charge is -2.32. The van der Waals surface area contributed by atoms with Crippen molar-refractivity contribution in [2.24, 2.45) is 0 Å². The highest BCUT2D eigenvalue weighted by Gasteiger charge is 2.31. The maximum Gasteiger partial charge on any atom is 0.326 e. The van der Waals surface area contributed by atoms with Gasteiger partial charge in [0.1, 0.15) is 6.04 Å². The van der Waals surface area contributed by atoms with Crippen LogP contribution in [0.25, 0.3) is 0 Å². The van der Waals surface area contributed by atoms with Crippen LogP contribution in [0.3, 0.4) is 0 Å². The van der Waals surface area contributed by atoms with Crippen LogP contribution >= 0.6 is 0 Å². The average molecular weight is 276 g/mol. The molecule has 1 fully saturated rings. The molecular weight excluding hydrogens is 256 g/mol. The van der Waals surface area contributed by atoms with Crippen LogP contribution in [-0.2, 0) is 11.3 Å². The molecule has 0 radical (unpaired) electrons. The molecule has 0 aromatic heterocycles. The number of carboxylic acid groups (broad SMARTS) is 1. The van der Waals surface area contributed by atoms with E-state index in [-0.39, 0.29) is 6.03 Å². The van der Waals surface area contributed by atoms with Crippen LogP contribution in [0.5, 0.6) is 0 Å². The molecule has 1 atom stereocenters. The number of aryl methyl sites for hydroxylation is 1. The summed E-state index contributed by atoms with van der Waals surface area (Å²) >= 11 is 0. The molecule has 1 aliphatic rings. The first kappa shape index (κ1) is 14.4. The first-order valence-electron chi connectivity index (χ1n) is 6.91. The SMILES string of the molecule is Cc1ccc(CNC(=O)N2CCCCC2C(=O)O)cc1. The van der Waals surface area contributed by atoms with Crippen molar-refractivity contribution in [1.29, 1.82) is 0 Å². The third-order valence-electron chi connectivity index (χ3n) is 3.61. The van der Waals surface area contributed by atoms with Gasteiger partial charge in [-0.3, -0.25) is 0 Å². The zero-order chi connectivity index (χ0) is 14.5. The highest BCUT2D eigenvalue weighted by molar-refractivity contribution is 5.82. The van der Waals surface area contributed by atoms with E-state index in [2.05, 4.69) is 5.32 Å². The lowest BCUT2D eigenvalue weighted by Crippen LogP contribution is -2.51. The number of amides is 2. The van der Waals surface area contributed by atoms with E-state index in [1.54, 1.807) is 0 Å². The number of urea groups is 1. The topological polar surface area (TPSA) is 69.6 Å². The van der Waals surface area contributed by atoms with Crippen LogP contribution in [0, 0.1) is 6.92 Å². The van der Waals surface area contributed by atoms with Gasteiger partial charge in [0.05, 0.1) is 0 Å². The van der Waals surface area contributed by atoms with E-state index in [1.165, 1.54) is 10.5 Å². The number of likely N-dealkylation sites (tertiary alicyclic amines) is 1. The van der Waals surface area contributed by atoms with Gasteiger partial charge in [0.15, 0.2) is 0 Å². The predicted molar refractivity (Wildman–Crippen MR) is 75.4 cm³/mol. The van der Waals surface area contributed by atoms with Crippen molar-refractivity contribution >= 4 is 12.0 Å². The molecule has 5 nitrogen and oxygen atoms in total. The molecule has 1 aromatic carbocycles. The quantitative estimate of drug-likeness (QED) is 0.888. The lowest BCUT2D eigenvalue weighted by molar-refractivity contribution is -0.143. The summed E-state index contributed by atoms with van der Waals surface area (Å²) in [6, 6.07) is 6.91. The van der Waals surface area contributed by atoms with Crippen molar-refractivity contribution in [3.05, 3.63) is 35.4 Å². The highest BCUT2D eigenvalue weighted by Crippen LogP contribution is 2.17. The second kappa shape index (κ2) is 6.41. The number of piperidine rings is 1. The summed E-state index contributed by atoms with van der Waals surface area (Å²) in [4.78, 5) is 24.7. The molecule has 1 heterocycles. The fourth-order valence-electron chi connectivity index (χ4n) is 2.42. The minimum absolute atomic E-state index is 0.294. The van der Waals surface area contributed by atoms with Crippen LogP contribution in [0.1, 0.15) is 30.4 Å². The van der Waals surface area contributed by atoms with Crippen molar-refractivity contribution in [2.45, 2.75) is 38.8 Å². The fraction of sp³-hybridized carbons (Fsp3) is 0.467. The summed E-state index contributed by atoms with van der Waals surface area (Å²) in [7, 11) is 0. The first-order chi connectivity index (χ1) is 9.58. The summed E-state index contributed by atoms with van der Waals surface area (Å²) in [5.41, 5.74) is 2.18. The monoisotopic (exact) mass is 276 g/mol. The molecule has 5 heteroatoms. The second-order valence-corrected chi connectivity index (χ2v) is 5.19. The Hall–Kier alpha value is -2.04. The molecule has 2 rings (SSSR count). The Morgan fingerprint density at radius 3 is 2.65 bits per heavy atom. The van der Waals surface area contributed by atoms with Crippen LogP contribution < -0.4 is 5.32 Å². The lowest BCUT2D eigenvalue weighted by atomic mass is 10.0. The van der Waals surface area contributed by atoms with E-state index >= 15 is 0 Å². The van der Waals surface area contributed by atoms with Gasteiger partial charge in [0.25, 0.3) is 0 Å². The third-order valence-corrected chi connectivity index (χ3v) is 3.61. The normalized spacial score (nSPS) is 18.6. The van der Waals surface area contributed by atoms with Crippen LogP contribution in [0.2, 0.25) is 0 Å². The molecular formula is C15H20N2O3. The summed E-state index contributed by atoms with van der Waals surface area (Å²) in [6.45, 7) is 2.94. The second-order valence-electron chi connectivity index (χ2n) is 5.19. The molecule has 0 spiro atoms. The molecule has 1 unspecified atom stereocenters. The highest BCUT2D eigenvalue weighted by atomic mass is 16.4. The van der Waals surface area contributed by atoms with Crippen molar-refractivity contribution in [1.82, 2.24) is 10.2 Å². The predicted octanol–water partition coefficient (Wildman–Crippen LogP) is 2.14. The number of aliphatic carboxylic acids is 1. The van der Waals surface area contributed by atoms with E-state index in [9.17, 15) is 9.59 Å². The number of carboxylic acids is 1. The molecule has 0 bridgehead atoms. The standard InChI is InChI=1S/C15H20N2O3/c1-11-5-7-12(8-6-11)10-16-15(20)17-9-3-2-4-13(17)14(18)19/h5-8,13H,2-4,9-10H2,1H3,(H,16,20)(H,18,19). The summed E-state index contributed by atoms with van der Waals surface area (Å²) in [6.07, 6.45) is 2.26. The molecule has 1 aromatic rings. The summed E-state index contributed by atoms with van der Waals surface area (Å²) < 4.78 is 0. The van der Waals surface area contributed by atoms with Crippen LogP contribution in [0.15, 0.2) is 24.3 Å². The van der Waals surface area contributed by atoms with Gasteiger partial charge in [-0.2, -0.15) is 0 Å². The van der Waals surface area contributed by atoms with Crippen molar-refractivity contribution in [3.8, 4) is 0 Å². The van der Waals surface area contributed by atoms with Gasteiger partial charge < -0.3 is 15.3 Å². The molecule has 20 heavy (non-hydrogen) atoms. The van der Waals surface area contributed by atoms with Gasteiger partial charge >= 0.3 is 12.0 Å². The molecule has 2 N–H and O–H groups in total. The third kappa shape index (κ3) is 3.50. The summed E-state index contributed by atoms with van der Waals surface area (Å²) in [5.74, 6) is -0.921. The smallest absolute Gasteiger partial charge is 0.326 e. The fourth-order valence-corrected chi connectivity index (χ4v) is 2.42. The minimum Gasteiger partial charge on any atom is -0.480 e. The number of carbonyl (C=O) groups excluding carboxylic acids is 1. The Morgan fingerprint density at radius 1 is 1.30 bits per heavy atom. The van der Waals surface area contributed by atoms with Crippen LogP contribution in [0.4, 0.5) is 4.79 Å². The molecule has 108 valence electrons. The van der Waals surface area contributed by atoms with Crippen molar-refractivity contribution in [3.63, 3.8) is 0 Å². The van der Waals surface area contributed by atoms with Gasteiger partial charge in [0.2, 0.25) is 0 Å². The Kier molecular flexibility index (Phi) is 4.61. The zero-order valence-electron chi connectivity index (χ0n) is 11.6. The number of nitrogens with zero attached hydrogens (tertiary/aromatic N) is 1. The van der Waals surface area contributed by atoms with E-state index in [0.717, 1.165) is 18.4 Å². The zero-order valence-corrected chi connectivity index (χ0v) is 11.6. The first-order valence-corrected chi connectivity index (χ1v) is 6.91. The van der Waals surface area contributed by atoms with E-state index < -0.39 is 12.0 Å². The largest absolute Gasteiger partial charge is 0.480 e. The van der Waals surface area contributed by atoms with E-state index in [4.69, 9.17) is 5.11 Å². The van der Waals surface area contributed by atoms with E-state index in [1.807, 2.05) is 31.2 Å². The molecule has 0 aliphatic carbocycles. The Morgan fingerprint density at radius 2 is 2.00 bits per heavy atom. The number of rotatable bonds is 3. The maximum absolute atomic E-state index is 12.1. The molecule has 1 saturated heterocycles. The molecule has 0 saturated carbocycles.